The summed E-state index contributed by atoms with van der Waals surface area (Å²) in [5, 5.41) is 22.2. The van der Waals surface area contributed by atoms with E-state index >= 15 is 0 Å². The van der Waals surface area contributed by atoms with Gasteiger partial charge < -0.3 is 15.5 Å². The van der Waals surface area contributed by atoms with Crippen molar-refractivity contribution in [1.82, 2.24) is 5.32 Å². The van der Waals surface area contributed by atoms with E-state index in [-0.39, 0.29) is 24.0 Å². The number of carbonyl (C=O) groups is 2. The molecule has 0 aliphatic heterocycles. The molecule has 0 saturated carbocycles. The number of phenolic OH excluding ortho intramolecular Hbond substituents is 1. The zero-order valence-electron chi connectivity index (χ0n) is 18.3. The van der Waals surface area contributed by atoms with Gasteiger partial charge in [0.25, 0.3) is 0 Å². The van der Waals surface area contributed by atoms with Crippen LogP contribution in [-0.2, 0) is 16.0 Å². The lowest BCUT2D eigenvalue weighted by atomic mass is 9.82. The summed E-state index contributed by atoms with van der Waals surface area (Å²) in [6.07, 6.45) is 2.56. The Hall–Kier alpha value is -3.86. The lowest BCUT2D eigenvalue weighted by Crippen LogP contribution is -2.29. The Kier molecular flexibility index (Phi) is 6.89. The largest absolute Gasteiger partial charge is 0.508 e. The summed E-state index contributed by atoms with van der Waals surface area (Å²) in [5.41, 5.74) is 4.95. The maximum Gasteiger partial charge on any atom is 0.333 e. The molecule has 0 aromatic heterocycles. The highest BCUT2D eigenvalue weighted by Crippen LogP contribution is 2.35. The van der Waals surface area contributed by atoms with E-state index in [9.17, 15) is 19.8 Å². The van der Waals surface area contributed by atoms with Gasteiger partial charge >= 0.3 is 5.97 Å². The van der Waals surface area contributed by atoms with Crippen LogP contribution in [0.4, 0.5) is 0 Å². The van der Waals surface area contributed by atoms with Crippen molar-refractivity contribution in [3.05, 3.63) is 101 Å². The van der Waals surface area contributed by atoms with E-state index in [2.05, 4.69) is 17.4 Å². The van der Waals surface area contributed by atoms with Gasteiger partial charge in [-0.2, -0.15) is 0 Å². The van der Waals surface area contributed by atoms with Crippen molar-refractivity contribution in [2.45, 2.75) is 38.0 Å². The topological polar surface area (TPSA) is 86.6 Å². The minimum atomic E-state index is -0.959. The molecule has 4 rings (SSSR count). The van der Waals surface area contributed by atoms with Crippen molar-refractivity contribution in [2.75, 3.05) is 0 Å². The number of aryl methyl sites for hydroxylation is 1. The second-order valence-electron chi connectivity index (χ2n) is 8.41. The van der Waals surface area contributed by atoms with Crippen molar-refractivity contribution in [3.8, 4) is 16.9 Å². The monoisotopic (exact) mass is 441 g/mol. The fourth-order valence-corrected chi connectivity index (χ4v) is 4.35. The molecule has 5 nitrogen and oxygen atoms in total. The third kappa shape index (κ3) is 5.69. The molecule has 0 saturated heterocycles. The Balaban J connectivity index is 1.38. The minimum Gasteiger partial charge on any atom is -0.508 e. The van der Waals surface area contributed by atoms with E-state index in [1.807, 2.05) is 48.5 Å². The Bertz CT molecular complexity index is 1170. The van der Waals surface area contributed by atoms with Crippen LogP contribution in [0.15, 0.2) is 90.1 Å². The molecule has 0 radical (unpaired) electrons. The van der Waals surface area contributed by atoms with E-state index in [4.69, 9.17) is 0 Å². The first-order chi connectivity index (χ1) is 16.0. The molecular weight excluding hydrogens is 414 g/mol. The van der Waals surface area contributed by atoms with Gasteiger partial charge in [-0.1, -0.05) is 66.7 Å². The van der Waals surface area contributed by atoms with Crippen LogP contribution in [0.1, 0.15) is 42.7 Å². The summed E-state index contributed by atoms with van der Waals surface area (Å²) in [6.45, 7) is 0. The summed E-state index contributed by atoms with van der Waals surface area (Å²) in [5.74, 6) is -0.705. The first kappa shape index (κ1) is 22.3. The van der Waals surface area contributed by atoms with Crippen LogP contribution in [0, 0.1) is 0 Å². The molecule has 0 heterocycles. The highest BCUT2D eigenvalue weighted by atomic mass is 16.4. The summed E-state index contributed by atoms with van der Waals surface area (Å²) < 4.78 is 0. The molecule has 1 atom stereocenters. The Morgan fingerprint density at radius 1 is 0.909 bits per heavy atom. The molecular formula is C28H27NO4. The number of amides is 1. The highest BCUT2D eigenvalue weighted by Gasteiger charge is 2.26. The van der Waals surface area contributed by atoms with E-state index < -0.39 is 5.97 Å². The SMILES string of the molecule is O=C(CCc1ccc(-c2cccc(O)c2)cc1)NC1=C(C(=O)O)CCC(c2ccccc2)C1. The van der Waals surface area contributed by atoms with Gasteiger partial charge in [0.2, 0.25) is 5.91 Å². The average Bonchev–Trinajstić information content (AvgIpc) is 2.83. The smallest absolute Gasteiger partial charge is 0.333 e. The van der Waals surface area contributed by atoms with Gasteiger partial charge in [-0.05, 0) is 66.0 Å². The maximum atomic E-state index is 12.7. The average molecular weight is 442 g/mol. The number of aromatic hydroxyl groups is 1. The van der Waals surface area contributed by atoms with E-state index in [0.717, 1.165) is 23.1 Å². The van der Waals surface area contributed by atoms with Gasteiger partial charge in [-0.15, -0.1) is 0 Å². The number of rotatable bonds is 7. The molecule has 168 valence electrons. The number of carboxylic acid groups (broad SMARTS) is 1. The van der Waals surface area contributed by atoms with Gasteiger partial charge in [-0.25, -0.2) is 4.79 Å². The predicted molar refractivity (Wildman–Crippen MR) is 128 cm³/mol. The van der Waals surface area contributed by atoms with Crippen LogP contribution in [0.2, 0.25) is 0 Å². The zero-order chi connectivity index (χ0) is 23.2. The fourth-order valence-electron chi connectivity index (χ4n) is 4.35. The Morgan fingerprint density at radius 2 is 1.67 bits per heavy atom. The standard InChI is InChI=1S/C28H27NO4/c30-24-8-4-7-22(17-24)21-12-9-19(10-13-21)11-16-27(31)29-26-18-23(14-15-25(26)28(32)33)20-5-2-1-3-6-20/h1-10,12-13,17,23,30H,11,14-16,18H2,(H,29,31)(H,32,33). The second-order valence-corrected chi connectivity index (χ2v) is 8.41. The third-order valence-electron chi connectivity index (χ3n) is 6.15. The van der Waals surface area contributed by atoms with Crippen LogP contribution in [0.5, 0.6) is 5.75 Å². The minimum absolute atomic E-state index is 0.172. The van der Waals surface area contributed by atoms with Crippen LogP contribution in [-0.4, -0.2) is 22.1 Å². The molecule has 1 aliphatic rings. The van der Waals surface area contributed by atoms with Gasteiger partial charge in [0.05, 0.1) is 5.57 Å². The first-order valence-corrected chi connectivity index (χ1v) is 11.2. The molecule has 0 bridgehead atoms. The summed E-state index contributed by atoms with van der Waals surface area (Å²) in [4.78, 5) is 24.4. The summed E-state index contributed by atoms with van der Waals surface area (Å²) in [7, 11) is 0. The van der Waals surface area contributed by atoms with Crippen LogP contribution in [0.3, 0.4) is 0 Å². The lowest BCUT2D eigenvalue weighted by molar-refractivity contribution is -0.133. The fraction of sp³-hybridized carbons (Fsp3) is 0.214. The number of carboxylic acids is 1. The number of nitrogens with one attached hydrogen (secondary N) is 1. The number of hydrogen-bond acceptors (Lipinski definition) is 3. The highest BCUT2D eigenvalue weighted by molar-refractivity contribution is 5.89. The van der Waals surface area contributed by atoms with Crippen LogP contribution in [0.25, 0.3) is 11.1 Å². The quantitative estimate of drug-likeness (QED) is 0.457. The molecule has 1 amide bonds. The third-order valence-corrected chi connectivity index (χ3v) is 6.15. The normalized spacial score (nSPS) is 15.8. The molecule has 3 N–H and O–H groups in total. The molecule has 5 heteroatoms. The number of aliphatic carboxylic acids is 1. The van der Waals surface area contributed by atoms with Crippen molar-refractivity contribution in [2.24, 2.45) is 0 Å². The van der Waals surface area contributed by atoms with Crippen molar-refractivity contribution < 1.29 is 19.8 Å². The molecule has 1 unspecified atom stereocenters. The molecule has 3 aromatic rings. The van der Waals surface area contributed by atoms with E-state index in [1.165, 1.54) is 5.56 Å². The van der Waals surface area contributed by atoms with Crippen LogP contribution < -0.4 is 5.32 Å². The van der Waals surface area contributed by atoms with Gasteiger partial charge in [0, 0.05) is 12.1 Å². The molecule has 33 heavy (non-hydrogen) atoms. The number of allylic oxidation sites excluding steroid dienone is 1. The van der Waals surface area contributed by atoms with Crippen molar-refractivity contribution in [1.29, 1.82) is 0 Å². The Morgan fingerprint density at radius 3 is 2.36 bits per heavy atom. The number of carbonyl (C=O) groups excluding carboxylic acids is 1. The molecule has 3 aromatic carbocycles. The predicted octanol–water partition coefficient (Wildman–Crippen LogP) is 5.41. The van der Waals surface area contributed by atoms with E-state index in [0.29, 0.717) is 30.5 Å². The lowest BCUT2D eigenvalue weighted by Gasteiger charge is -2.26. The maximum absolute atomic E-state index is 12.7. The first-order valence-electron chi connectivity index (χ1n) is 11.2. The molecule has 0 fully saturated rings. The Labute approximate surface area is 193 Å². The molecule has 0 spiro atoms. The van der Waals surface area contributed by atoms with Gasteiger partial charge in [-0.3, -0.25) is 4.79 Å². The van der Waals surface area contributed by atoms with E-state index in [1.54, 1.807) is 18.2 Å². The van der Waals surface area contributed by atoms with Gasteiger partial charge in [0.15, 0.2) is 0 Å². The summed E-state index contributed by atoms with van der Waals surface area (Å²) >= 11 is 0. The number of phenols is 1. The zero-order valence-corrected chi connectivity index (χ0v) is 18.3. The number of hydrogen-bond donors (Lipinski definition) is 3. The van der Waals surface area contributed by atoms with Gasteiger partial charge in [0.1, 0.15) is 5.75 Å². The number of benzene rings is 3. The second kappa shape index (κ2) is 10.2. The van der Waals surface area contributed by atoms with Crippen LogP contribution >= 0.6 is 0 Å². The molecule has 1 aliphatic carbocycles. The summed E-state index contributed by atoms with van der Waals surface area (Å²) in [6, 6.07) is 25.0. The van der Waals surface area contributed by atoms with Crippen molar-refractivity contribution in [3.63, 3.8) is 0 Å². The van der Waals surface area contributed by atoms with Crippen molar-refractivity contribution >= 4 is 11.9 Å².